The van der Waals surface area contributed by atoms with Gasteiger partial charge in [-0.3, -0.25) is 4.40 Å². The number of pyridine rings is 1. The van der Waals surface area contributed by atoms with Crippen molar-refractivity contribution in [3.8, 4) is 22.4 Å². The smallest absolute Gasteiger partial charge is 0.156 e. The van der Waals surface area contributed by atoms with E-state index in [-0.39, 0.29) is 0 Å². The molecule has 4 heteroatoms. The monoisotopic (exact) mass is 616 g/mol. The largest absolute Gasteiger partial charge is 0.455 e. The molecule has 0 spiro atoms. The first-order valence-electron chi connectivity index (χ1n) is 15.9. The van der Waals surface area contributed by atoms with Gasteiger partial charge in [0, 0.05) is 31.8 Å². The zero-order valence-corrected chi connectivity index (χ0v) is 25.9. The molecule has 0 amide bonds. The van der Waals surface area contributed by atoms with Crippen molar-refractivity contribution in [1.82, 2.24) is 9.38 Å². The lowest BCUT2D eigenvalue weighted by molar-refractivity contribution is 0.670. The number of rotatable bonds is 2. The third-order valence-corrected chi connectivity index (χ3v) is 11.0. The molecule has 0 aliphatic carbocycles. The quantitative estimate of drug-likeness (QED) is 0.193. The summed E-state index contributed by atoms with van der Waals surface area (Å²) in [5, 5.41) is 9.77. The Morgan fingerprint density at radius 1 is 0.511 bits per heavy atom. The van der Waals surface area contributed by atoms with Gasteiger partial charge in [0.25, 0.3) is 0 Å². The maximum Gasteiger partial charge on any atom is 0.156 e. The summed E-state index contributed by atoms with van der Waals surface area (Å²) in [6, 6.07) is 52.3. The fraction of sp³-hybridized carbons (Fsp3) is 0. The van der Waals surface area contributed by atoms with E-state index in [4.69, 9.17) is 9.40 Å². The Hall–Kier alpha value is -5.97. The van der Waals surface area contributed by atoms with Gasteiger partial charge in [-0.2, -0.15) is 0 Å². The van der Waals surface area contributed by atoms with Crippen molar-refractivity contribution in [3.05, 3.63) is 146 Å². The molecule has 0 aliphatic heterocycles. The predicted molar refractivity (Wildman–Crippen MR) is 199 cm³/mol. The van der Waals surface area contributed by atoms with Crippen molar-refractivity contribution in [1.29, 1.82) is 0 Å². The molecular weight excluding hydrogens is 593 g/mol. The van der Waals surface area contributed by atoms with Gasteiger partial charge >= 0.3 is 0 Å². The van der Waals surface area contributed by atoms with Crippen molar-refractivity contribution in [2.45, 2.75) is 0 Å². The van der Waals surface area contributed by atoms with Crippen LogP contribution < -0.4 is 0 Å². The molecule has 0 saturated carbocycles. The first-order chi connectivity index (χ1) is 23.3. The standard InChI is InChI=1S/C43H24N2OS/c1-2-10-29-23-38-36(22-28(29)9-1)44-43-42-35(34-21-20-25-8-3-4-11-31(25)41(34)47-42)24-37(45(38)43)27-18-16-26(17-19-27)30-13-7-14-33-32-12-5-6-15-39(32)46-40(30)33/h1-24H. The molecular formula is C43H24N2OS. The van der Waals surface area contributed by atoms with Gasteiger partial charge in [0.1, 0.15) is 11.2 Å². The first-order valence-corrected chi connectivity index (χ1v) is 16.7. The molecule has 0 bridgehead atoms. The van der Waals surface area contributed by atoms with Crippen molar-refractivity contribution in [2.75, 3.05) is 0 Å². The fourth-order valence-electron chi connectivity index (χ4n) is 7.52. The molecule has 0 saturated heterocycles. The van der Waals surface area contributed by atoms with E-state index in [2.05, 4.69) is 138 Å². The second kappa shape index (κ2) is 9.29. The highest BCUT2D eigenvalue weighted by Crippen LogP contribution is 2.44. The number of thiophene rings is 1. The molecule has 0 N–H and O–H groups in total. The number of hydrogen-bond acceptors (Lipinski definition) is 3. The first kappa shape index (κ1) is 25.2. The van der Waals surface area contributed by atoms with Crippen LogP contribution in [0.4, 0.5) is 0 Å². The van der Waals surface area contributed by atoms with Crippen molar-refractivity contribution >= 4 is 91.7 Å². The van der Waals surface area contributed by atoms with E-state index < -0.39 is 0 Å². The van der Waals surface area contributed by atoms with Crippen LogP contribution in [-0.4, -0.2) is 9.38 Å². The minimum atomic E-state index is 0.914. The van der Waals surface area contributed by atoms with Gasteiger partial charge < -0.3 is 4.42 Å². The van der Waals surface area contributed by atoms with Gasteiger partial charge in [0.15, 0.2) is 5.65 Å². The maximum absolute atomic E-state index is 6.38. The summed E-state index contributed by atoms with van der Waals surface area (Å²) in [6.45, 7) is 0. The van der Waals surface area contributed by atoms with E-state index in [0.29, 0.717) is 0 Å². The van der Waals surface area contributed by atoms with Crippen LogP contribution in [-0.2, 0) is 0 Å². The molecule has 7 aromatic carbocycles. The van der Waals surface area contributed by atoms with Gasteiger partial charge in [-0.05, 0) is 56.9 Å². The third-order valence-electron chi connectivity index (χ3n) is 9.76. The number of furan rings is 1. The lowest BCUT2D eigenvalue weighted by Gasteiger charge is -2.10. The van der Waals surface area contributed by atoms with Gasteiger partial charge in [0.05, 0.1) is 21.4 Å². The average molecular weight is 617 g/mol. The van der Waals surface area contributed by atoms with Crippen LogP contribution in [0, 0.1) is 0 Å². The van der Waals surface area contributed by atoms with Crippen molar-refractivity contribution in [2.24, 2.45) is 0 Å². The van der Waals surface area contributed by atoms with Crippen LogP contribution in [0.1, 0.15) is 0 Å². The lowest BCUT2D eigenvalue weighted by atomic mass is 9.99. The zero-order valence-electron chi connectivity index (χ0n) is 25.1. The average Bonchev–Trinajstić information content (AvgIpc) is 3.82. The van der Waals surface area contributed by atoms with Crippen LogP contribution in [0.3, 0.4) is 0 Å². The predicted octanol–water partition coefficient (Wildman–Crippen LogP) is 12.4. The lowest BCUT2D eigenvalue weighted by Crippen LogP contribution is -1.93. The number of imidazole rings is 1. The molecule has 0 atom stereocenters. The summed E-state index contributed by atoms with van der Waals surface area (Å²) in [7, 11) is 0. The number of para-hydroxylation sites is 2. The fourth-order valence-corrected chi connectivity index (χ4v) is 8.82. The molecule has 4 aromatic heterocycles. The molecule has 0 radical (unpaired) electrons. The summed E-state index contributed by atoms with van der Waals surface area (Å²) in [4.78, 5) is 5.34. The molecule has 0 fully saturated rings. The summed E-state index contributed by atoms with van der Waals surface area (Å²) >= 11 is 1.85. The number of hydrogen-bond donors (Lipinski definition) is 0. The molecule has 47 heavy (non-hydrogen) atoms. The topological polar surface area (TPSA) is 30.4 Å². The highest BCUT2D eigenvalue weighted by atomic mass is 32.1. The Kier molecular flexibility index (Phi) is 4.99. The molecule has 4 heterocycles. The Bertz CT molecular complexity index is 3070. The third kappa shape index (κ3) is 3.53. The van der Waals surface area contributed by atoms with Gasteiger partial charge in [-0.1, -0.05) is 121 Å². The van der Waals surface area contributed by atoms with Crippen molar-refractivity contribution in [3.63, 3.8) is 0 Å². The van der Waals surface area contributed by atoms with Crippen LogP contribution in [0.5, 0.6) is 0 Å². The molecule has 0 unspecified atom stereocenters. The summed E-state index contributed by atoms with van der Waals surface area (Å²) in [5.74, 6) is 0. The molecule has 3 nitrogen and oxygen atoms in total. The van der Waals surface area contributed by atoms with E-state index in [1.165, 1.54) is 41.7 Å². The molecule has 11 aromatic rings. The number of benzene rings is 7. The Morgan fingerprint density at radius 3 is 2.11 bits per heavy atom. The number of fused-ring (bicyclic) bond motifs is 13. The minimum absolute atomic E-state index is 0.914. The van der Waals surface area contributed by atoms with E-state index in [1.54, 1.807) is 0 Å². The van der Waals surface area contributed by atoms with E-state index in [0.717, 1.165) is 61.0 Å². The van der Waals surface area contributed by atoms with E-state index >= 15 is 0 Å². The maximum atomic E-state index is 6.38. The minimum Gasteiger partial charge on any atom is -0.455 e. The van der Waals surface area contributed by atoms with Crippen molar-refractivity contribution < 1.29 is 4.42 Å². The SMILES string of the molecule is c1ccc2cc3c(cc2c1)nc1c2sc4c5ccccc5ccc4c2cc(-c2ccc(-c4cccc5c4oc4ccccc45)cc2)n31. The highest BCUT2D eigenvalue weighted by molar-refractivity contribution is 7.27. The van der Waals surface area contributed by atoms with Crippen LogP contribution in [0.15, 0.2) is 150 Å². The van der Waals surface area contributed by atoms with Crippen LogP contribution >= 0.6 is 11.3 Å². The molecule has 0 aliphatic rings. The summed E-state index contributed by atoms with van der Waals surface area (Å²) in [5.41, 5.74) is 9.47. The summed E-state index contributed by atoms with van der Waals surface area (Å²) in [6.07, 6.45) is 0. The Labute approximate surface area is 272 Å². The zero-order chi connectivity index (χ0) is 30.6. The molecule has 218 valence electrons. The second-order valence-corrected chi connectivity index (χ2v) is 13.4. The van der Waals surface area contributed by atoms with Crippen LogP contribution in [0.25, 0.3) is 103 Å². The Morgan fingerprint density at radius 2 is 1.23 bits per heavy atom. The van der Waals surface area contributed by atoms with Gasteiger partial charge in [0.2, 0.25) is 0 Å². The second-order valence-electron chi connectivity index (χ2n) is 12.4. The highest BCUT2D eigenvalue weighted by Gasteiger charge is 2.20. The van der Waals surface area contributed by atoms with Gasteiger partial charge in [-0.25, -0.2) is 4.98 Å². The molecule has 11 rings (SSSR count). The van der Waals surface area contributed by atoms with E-state index in [9.17, 15) is 0 Å². The number of nitrogens with zero attached hydrogens (tertiary/aromatic N) is 2. The number of aromatic nitrogens is 2. The normalized spacial score (nSPS) is 12.3. The van der Waals surface area contributed by atoms with Crippen LogP contribution in [0.2, 0.25) is 0 Å². The summed E-state index contributed by atoms with van der Waals surface area (Å²) < 4.78 is 11.3. The van der Waals surface area contributed by atoms with E-state index in [1.807, 2.05) is 23.5 Å². The Balaban J connectivity index is 1.19. The van der Waals surface area contributed by atoms with Gasteiger partial charge in [-0.15, -0.1) is 11.3 Å².